The molecule has 1 atom stereocenters. The molecule has 3 heteroatoms. The van der Waals surface area contributed by atoms with Crippen LogP contribution >= 0.6 is 0 Å². The van der Waals surface area contributed by atoms with Gasteiger partial charge in [0.1, 0.15) is 0 Å². The summed E-state index contributed by atoms with van der Waals surface area (Å²) in [6.07, 6.45) is 2.12. The number of aliphatic hydroxyl groups is 1. The average Bonchev–Trinajstić information content (AvgIpc) is 2.73. The SMILES string of the molecule is C=C(C[C@H](O)c1cccc2[nH]ccc12)C[Si](C)(C)C. The van der Waals surface area contributed by atoms with Gasteiger partial charge in [-0.2, -0.15) is 0 Å². The Morgan fingerprint density at radius 3 is 2.74 bits per heavy atom. The Kier molecular flexibility index (Phi) is 3.97. The Morgan fingerprint density at radius 1 is 1.32 bits per heavy atom. The molecule has 0 bridgehead atoms. The van der Waals surface area contributed by atoms with Crippen LogP contribution in [0.2, 0.25) is 25.7 Å². The first-order valence-electron chi connectivity index (χ1n) is 6.77. The second kappa shape index (κ2) is 5.35. The Hall–Kier alpha value is -1.32. The van der Waals surface area contributed by atoms with Crippen molar-refractivity contribution in [3.05, 3.63) is 48.2 Å². The van der Waals surface area contributed by atoms with Gasteiger partial charge in [0.05, 0.1) is 6.10 Å². The lowest BCUT2D eigenvalue weighted by Crippen LogP contribution is -2.20. The molecule has 19 heavy (non-hydrogen) atoms. The topological polar surface area (TPSA) is 36.0 Å². The minimum Gasteiger partial charge on any atom is -0.388 e. The van der Waals surface area contributed by atoms with Crippen molar-refractivity contribution in [1.82, 2.24) is 4.98 Å². The highest BCUT2D eigenvalue weighted by molar-refractivity contribution is 6.76. The molecule has 0 aliphatic carbocycles. The lowest BCUT2D eigenvalue weighted by molar-refractivity contribution is 0.180. The van der Waals surface area contributed by atoms with Gasteiger partial charge in [-0.1, -0.05) is 37.3 Å². The molecule has 0 amide bonds. The third-order valence-electron chi connectivity index (χ3n) is 3.25. The van der Waals surface area contributed by atoms with Gasteiger partial charge in [0.25, 0.3) is 0 Å². The van der Waals surface area contributed by atoms with Crippen molar-refractivity contribution < 1.29 is 5.11 Å². The standard InChI is InChI=1S/C16H23NOSi/c1-12(11-19(2,3)4)10-16(18)14-6-5-7-15-13(14)8-9-17-15/h5-9,16-18H,1,10-11H2,2-4H3/t16-/m0/s1. The van der Waals surface area contributed by atoms with Gasteiger partial charge >= 0.3 is 0 Å². The van der Waals surface area contributed by atoms with Crippen LogP contribution in [0, 0.1) is 0 Å². The molecule has 0 fully saturated rings. The van der Waals surface area contributed by atoms with E-state index in [9.17, 15) is 5.11 Å². The van der Waals surface area contributed by atoms with Crippen LogP contribution in [0.3, 0.4) is 0 Å². The summed E-state index contributed by atoms with van der Waals surface area (Å²) in [7, 11) is -1.15. The molecule has 2 N–H and O–H groups in total. The van der Waals surface area contributed by atoms with Gasteiger partial charge < -0.3 is 10.1 Å². The maximum atomic E-state index is 10.4. The van der Waals surface area contributed by atoms with Gasteiger partial charge in [0.2, 0.25) is 0 Å². The van der Waals surface area contributed by atoms with Crippen LogP contribution in [0.25, 0.3) is 10.9 Å². The number of nitrogens with one attached hydrogen (secondary N) is 1. The smallest absolute Gasteiger partial charge is 0.0833 e. The summed E-state index contributed by atoms with van der Waals surface area (Å²) in [4.78, 5) is 3.18. The van der Waals surface area contributed by atoms with Crippen molar-refractivity contribution in [3.8, 4) is 0 Å². The number of fused-ring (bicyclic) bond motifs is 1. The minimum absolute atomic E-state index is 0.455. The number of aromatic amines is 1. The van der Waals surface area contributed by atoms with Crippen LogP contribution in [0.5, 0.6) is 0 Å². The predicted octanol–water partition coefficient (Wildman–Crippen LogP) is 4.49. The van der Waals surface area contributed by atoms with E-state index in [0.717, 1.165) is 22.5 Å². The molecule has 1 heterocycles. The molecule has 2 aromatic rings. The third kappa shape index (κ3) is 3.58. The molecule has 0 saturated heterocycles. The molecule has 0 aliphatic rings. The van der Waals surface area contributed by atoms with Gasteiger partial charge in [-0.3, -0.25) is 0 Å². The highest BCUT2D eigenvalue weighted by Gasteiger charge is 2.18. The van der Waals surface area contributed by atoms with Crippen LogP contribution in [0.15, 0.2) is 42.6 Å². The Balaban J connectivity index is 2.14. The second-order valence-electron chi connectivity index (χ2n) is 6.49. The summed E-state index contributed by atoms with van der Waals surface area (Å²) in [5.41, 5.74) is 3.24. The quantitative estimate of drug-likeness (QED) is 0.611. The molecule has 1 aromatic carbocycles. The first kappa shape index (κ1) is 14.1. The van der Waals surface area contributed by atoms with Gasteiger partial charge in [0.15, 0.2) is 0 Å². The zero-order valence-electron chi connectivity index (χ0n) is 12.0. The summed E-state index contributed by atoms with van der Waals surface area (Å²) < 4.78 is 0. The molecule has 2 nitrogen and oxygen atoms in total. The fourth-order valence-electron chi connectivity index (χ4n) is 2.61. The molecule has 1 aromatic heterocycles. The molecule has 0 saturated carbocycles. The first-order chi connectivity index (χ1) is 8.87. The summed E-state index contributed by atoms with van der Waals surface area (Å²) >= 11 is 0. The van der Waals surface area contributed by atoms with Crippen molar-refractivity contribution in [3.63, 3.8) is 0 Å². The fraction of sp³-hybridized carbons (Fsp3) is 0.375. The highest BCUT2D eigenvalue weighted by Crippen LogP contribution is 2.29. The maximum absolute atomic E-state index is 10.4. The number of H-pyrrole nitrogens is 1. The van der Waals surface area contributed by atoms with Crippen LogP contribution in [-0.4, -0.2) is 18.2 Å². The Bertz CT molecular complexity index is 580. The molecular formula is C16H23NOSi. The number of hydrogen-bond acceptors (Lipinski definition) is 1. The minimum atomic E-state index is -1.15. The summed E-state index contributed by atoms with van der Waals surface area (Å²) in [5.74, 6) is 0. The van der Waals surface area contributed by atoms with Crippen molar-refractivity contribution in [2.75, 3.05) is 0 Å². The van der Waals surface area contributed by atoms with E-state index in [1.165, 1.54) is 5.57 Å². The molecule has 0 aliphatic heterocycles. The van der Waals surface area contributed by atoms with E-state index in [4.69, 9.17) is 0 Å². The lowest BCUT2D eigenvalue weighted by Gasteiger charge is -2.20. The van der Waals surface area contributed by atoms with E-state index in [1.54, 1.807) is 0 Å². The fourth-order valence-corrected chi connectivity index (χ4v) is 4.25. The highest BCUT2D eigenvalue weighted by atomic mass is 28.3. The number of rotatable bonds is 5. The van der Waals surface area contributed by atoms with Crippen LogP contribution in [-0.2, 0) is 0 Å². The Labute approximate surface area is 116 Å². The normalized spacial score (nSPS) is 13.7. The van der Waals surface area contributed by atoms with E-state index < -0.39 is 14.2 Å². The maximum Gasteiger partial charge on any atom is 0.0833 e. The first-order valence-corrected chi connectivity index (χ1v) is 10.5. The molecule has 0 radical (unpaired) electrons. The molecule has 2 rings (SSSR count). The zero-order valence-corrected chi connectivity index (χ0v) is 13.0. The summed E-state index contributed by atoms with van der Waals surface area (Å²) in [6.45, 7) is 11.1. The van der Waals surface area contributed by atoms with Gasteiger partial charge in [-0.15, -0.1) is 6.58 Å². The van der Waals surface area contributed by atoms with Gasteiger partial charge in [-0.05, 0) is 30.2 Å². The van der Waals surface area contributed by atoms with Crippen molar-refractivity contribution >= 4 is 19.0 Å². The number of aromatic nitrogens is 1. The molecule has 0 spiro atoms. The van der Waals surface area contributed by atoms with E-state index >= 15 is 0 Å². The molecular weight excluding hydrogens is 250 g/mol. The summed E-state index contributed by atoms with van der Waals surface area (Å²) in [6, 6.07) is 9.12. The van der Waals surface area contributed by atoms with Crippen LogP contribution in [0.1, 0.15) is 18.1 Å². The summed E-state index contributed by atoms with van der Waals surface area (Å²) in [5, 5.41) is 11.6. The van der Waals surface area contributed by atoms with Gasteiger partial charge in [0, 0.05) is 25.2 Å². The van der Waals surface area contributed by atoms with E-state index in [1.807, 2.05) is 30.5 Å². The molecule has 102 valence electrons. The van der Waals surface area contributed by atoms with Gasteiger partial charge in [-0.25, -0.2) is 0 Å². The predicted molar refractivity (Wildman–Crippen MR) is 85.2 cm³/mol. The van der Waals surface area contributed by atoms with Crippen molar-refractivity contribution in [2.45, 2.75) is 38.2 Å². The monoisotopic (exact) mass is 273 g/mol. The molecule has 0 unspecified atom stereocenters. The zero-order chi connectivity index (χ0) is 14.0. The lowest BCUT2D eigenvalue weighted by atomic mass is 10.00. The van der Waals surface area contributed by atoms with Crippen molar-refractivity contribution in [1.29, 1.82) is 0 Å². The Morgan fingerprint density at radius 2 is 2.05 bits per heavy atom. The number of benzene rings is 1. The number of hydrogen-bond donors (Lipinski definition) is 2. The van der Waals surface area contributed by atoms with E-state index in [2.05, 4.69) is 31.2 Å². The van der Waals surface area contributed by atoms with Crippen LogP contribution in [0.4, 0.5) is 0 Å². The van der Waals surface area contributed by atoms with Crippen molar-refractivity contribution in [2.24, 2.45) is 0 Å². The second-order valence-corrected chi connectivity index (χ2v) is 12.0. The van der Waals surface area contributed by atoms with Crippen LogP contribution < -0.4 is 0 Å². The van der Waals surface area contributed by atoms with E-state index in [-0.39, 0.29) is 0 Å². The number of aliphatic hydroxyl groups excluding tert-OH is 1. The largest absolute Gasteiger partial charge is 0.388 e. The average molecular weight is 273 g/mol. The van der Waals surface area contributed by atoms with E-state index in [0.29, 0.717) is 6.42 Å². The third-order valence-corrected chi connectivity index (χ3v) is 4.81.